The number of pyridine rings is 1. The Bertz CT molecular complexity index is 1150. The van der Waals surface area contributed by atoms with Crippen LogP contribution in [-0.4, -0.2) is 43.7 Å². The highest BCUT2D eigenvalue weighted by Crippen LogP contribution is 2.33. The van der Waals surface area contributed by atoms with Crippen molar-refractivity contribution in [2.75, 3.05) is 18.0 Å². The number of hydrogen-bond acceptors (Lipinski definition) is 8. The Morgan fingerprint density at radius 1 is 1.16 bits per heavy atom. The summed E-state index contributed by atoms with van der Waals surface area (Å²) >= 11 is 0. The van der Waals surface area contributed by atoms with Crippen LogP contribution >= 0.6 is 0 Å². The quantitative estimate of drug-likeness (QED) is 0.657. The Balaban J connectivity index is 1.41. The van der Waals surface area contributed by atoms with Gasteiger partial charge in [-0.15, -0.1) is 0 Å². The molecule has 1 unspecified atom stereocenters. The van der Waals surface area contributed by atoms with Gasteiger partial charge in [-0.3, -0.25) is 4.98 Å². The van der Waals surface area contributed by atoms with Gasteiger partial charge in [0, 0.05) is 57.5 Å². The molecule has 4 N–H and O–H groups in total. The molecule has 9 heteroatoms. The largest absolute Gasteiger partial charge is 0.490 e. The zero-order valence-electron chi connectivity index (χ0n) is 17.5. The molecule has 0 saturated carbocycles. The van der Waals surface area contributed by atoms with Gasteiger partial charge in [0.1, 0.15) is 17.4 Å². The molecule has 1 atom stereocenters. The van der Waals surface area contributed by atoms with E-state index in [1.165, 1.54) is 0 Å². The van der Waals surface area contributed by atoms with Gasteiger partial charge in [-0.05, 0) is 18.2 Å². The third kappa shape index (κ3) is 3.72. The predicted octanol–water partition coefficient (Wildman–Crippen LogP) is 1.76. The first-order valence-corrected chi connectivity index (χ1v) is 10.5. The number of aryl methyl sites for hydroxylation is 1. The van der Waals surface area contributed by atoms with E-state index in [1.54, 1.807) is 18.7 Å². The maximum Gasteiger partial charge on any atom is 0.227 e. The van der Waals surface area contributed by atoms with Crippen molar-refractivity contribution >= 4 is 17.1 Å². The van der Waals surface area contributed by atoms with E-state index in [1.807, 2.05) is 42.0 Å². The molecule has 3 aromatic heterocycles. The standard InChI is InChI=1S/C22H26N8O/c1-29-14-26-20-18(29)19(22(24)8-2-3-15(23)13-22)27-21(28-20)30-11-6-17(7-12-30)31-16-4-9-25-10-5-16/h2-5,8-10,14,17H,6-7,11-13,23-24H2,1H3. The van der Waals surface area contributed by atoms with Crippen molar-refractivity contribution in [2.24, 2.45) is 18.5 Å². The van der Waals surface area contributed by atoms with Crippen LogP contribution in [0.5, 0.6) is 5.75 Å². The van der Waals surface area contributed by atoms with Crippen LogP contribution in [0.3, 0.4) is 0 Å². The number of nitrogens with zero attached hydrogens (tertiary/aromatic N) is 6. The van der Waals surface area contributed by atoms with Crippen LogP contribution in [0, 0.1) is 0 Å². The smallest absolute Gasteiger partial charge is 0.227 e. The number of anilines is 1. The minimum atomic E-state index is -0.800. The fraction of sp³-hybridized carbons (Fsp3) is 0.364. The van der Waals surface area contributed by atoms with Gasteiger partial charge >= 0.3 is 0 Å². The van der Waals surface area contributed by atoms with Crippen molar-refractivity contribution in [3.8, 4) is 5.75 Å². The van der Waals surface area contributed by atoms with E-state index in [2.05, 4.69) is 14.9 Å². The molecule has 0 amide bonds. The molecule has 0 aromatic carbocycles. The van der Waals surface area contributed by atoms with Crippen molar-refractivity contribution in [2.45, 2.75) is 30.9 Å². The van der Waals surface area contributed by atoms with Crippen LogP contribution in [0.15, 0.2) is 54.8 Å². The first-order valence-electron chi connectivity index (χ1n) is 10.5. The highest BCUT2D eigenvalue weighted by atomic mass is 16.5. The molecular weight excluding hydrogens is 392 g/mol. The van der Waals surface area contributed by atoms with Gasteiger partial charge in [0.15, 0.2) is 5.65 Å². The third-order valence-electron chi connectivity index (χ3n) is 5.88. The maximum absolute atomic E-state index is 6.79. The Morgan fingerprint density at radius 3 is 2.68 bits per heavy atom. The summed E-state index contributed by atoms with van der Waals surface area (Å²) in [5, 5.41) is 0. The number of fused-ring (bicyclic) bond motifs is 1. The minimum absolute atomic E-state index is 0.156. The minimum Gasteiger partial charge on any atom is -0.490 e. The lowest BCUT2D eigenvalue weighted by Gasteiger charge is -2.33. The van der Waals surface area contributed by atoms with E-state index >= 15 is 0 Å². The summed E-state index contributed by atoms with van der Waals surface area (Å²) in [4.78, 5) is 20.4. The summed E-state index contributed by atoms with van der Waals surface area (Å²) in [5.41, 5.74) is 15.0. The Hall–Kier alpha value is -3.46. The molecule has 0 radical (unpaired) electrons. The fourth-order valence-corrected chi connectivity index (χ4v) is 4.26. The van der Waals surface area contributed by atoms with Gasteiger partial charge in [0.05, 0.1) is 17.6 Å². The summed E-state index contributed by atoms with van der Waals surface area (Å²) < 4.78 is 8.00. The zero-order valence-corrected chi connectivity index (χ0v) is 17.5. The summed E-state index contributed by atoms with van der Waals surface area (Å²) in [5.74, 6) is 1.50. The molecule has 0 bridgehead atoms. The molecule has 1 fully saturated rings. The molecular formula is C22H26N8O. The van der Waals surface area contributed by atoms with E-state index in [-0.39, 0.29) is 6.10 Å². The monoisotopic (exact) mass is 418 g/mol. The van der Waals surface area contributed by atoms with E-state index < -0.39 is 5.54 Å². The molecule has 2 aliphatic rings. The Kier molecular flexibility index (Phi) is 4.82. The Labute approximate surface area is 180 Å². The normalized spacial score (nSPS) is 22.0. The third-order valence-corrected chi connectivity index (χ3v) is 5.88. The molecule has 4 heterocycles. The van der Waals surface area contributed by atoms with E-state index in [0.29, 0.717) is 18.0 Å². The molecule has 3 aromatic rings. The molecule has 5 rings (SSSR count). The number of hydrogen-bond donors (Lipinski definition) is 2. The van der Waals surface area contributed by atoms with Gasteiger partial charge in [-0.25, -0.2) is 9.97 Å². The van der Waals surface area contributed by atoms with Crippen LogP contribution in [0.4, 0.5) is 5.95 Å². The molecule has 1 saturated heterocycles. The molecule has 0 spiro atoms. The van der Waals surface area contributed by atoms with E-state index in [9.17, 15) is 0 Å². The number of rotatable bonds is 4. The van der Waals surface area contributed by atoms with Gasteiger partial charge < -0.3 is 25.7 Å². The molecule has 9 nitrogen and oxygen atoms in total. The molecule has 1 aliphatic heterocycles. The summed E-state index contributed by atoms with van der Waals surface area (Å²) in [6, 6.07) is 3.77. The van der Waals surface area contributed by atoms with Crippen LogP contribution in [-0.2, 0) is 12.6 Å². The van der Waals surface area contributed by atoms with Crippen molar-refractivity contribution in [3.63, 3.8) is 0 Å². The van der Waals surface area contributed by atoms with Crippen LogP contribution in [0.25, 0.3) is 11.2 Å². The van der Waals surface area contributed by atoms with Crippen molar-refractivity contribution < 1.29 is 4.74 Å². The first-order chi connectivity index (χ1) is 15.0. The topological polar surface area (TPSA) is 121 Å². The number of aromatic nitrogens is 5. The predicted molar refractivity (Wildman–Crippen MR) is 118 cm³/mol. The average Bonchev–Trinajstić information content (AvgIpc) is 3.15. The lowest BCUT2D eigenvalue weighted by atomic mass is 9.86. The van der Waals surface area contributed by atoms with Crippen LogP contribution < -0.4 is 21.1 Å². The number of piperidine rings is 1. The summed E-state index contributed by atoms with van der Waals surface area (Å²) in [7, 11) is 1.93. The van der Waals surface area contributed by atoms with Crippen molar-refractivity contribution in [3.05, 3.63) is 60.5 Å². The van der Waals surface area contributed by atoms with Crippen molar-refractivity contribution in [1.82, 2.24) is 24.5 Å². The van der Waals surface area contributed by atoms with E-state index in [0.717, 1.165) is 48.6 Å². The van der Waals surface area contributed by atoms with Gasteiger partial charge in [0.25, 0.3) is 0 Å². The SMILES string of the molecule is Cn1cnc2nc(N3CCC(Oc4ccncc4)CC3)nc(C3(N)C=CC=C(N)C3)c21. The van der Waals surface area contributed by atoms with Gasteiger partial charge in [-0.2, -0.15) is 4.98 Å². The van der Waals surface area contributed by atoms with Gasteiger partial charge in [-0.1, -0.05) is 12.2 Å². The van der Waals surface area contributed by atoms with E-state index in [4.69, 9.17) is 26.2 Å². The second kappa shape index (κ2) is 7.66. The maximum atomic E-state index is 6.79. The molecule has 160 valence electrons. The van der Waals surface area contributed by atoms with Crippen LogP contribution in [0.2, 0.25) is 0 Å². The second-order valence-corrected chi connectivity index (χ2v) is 8.20. The average molecular weight is 419 g/mol. The number of imidazole rings is 1. The fourth-order valence-electron chi connectivity index (χ4n) is 4.26. The summed E-state index contributed by atoms with van der Waals surface area (Å²) in [6.45, 7) is 1.59. The first kappa shape index (κ1) is 19.5. The second-order valence-electron chi connectivity index (χ2n) is 8.20. The highest BCUT2D eigenvalue weighted by Gasteiger charge is 2.34. The lowest BCUT2D eigenvalue weighted by Crippen LogP contribution is -2.41. The number of ether oxygens (including phenoxy) is 1. The molecule has 1 aliphatic carbocycles. The number of nitrogens with two attached hydrogens (primary N) is 2. The lowest BCUT2D eigenvalue weighted by molar-refractivity contribution is 0.170. The highest BCUT2D eigenvalue weighted by molar-refractivity contribution is 5.77. The number of allylic oxidation sites excluding steroid dienone is 2. The zero-order chi connectivity index (χ0) is 21.4. The summed E-state index contributed by atoms with van der Waals surface area (Å²) in [6.07, 6.45) is 13.4. The van der Waals surface area contributed by atoms with Crippen LogP contribution in [0.1, 0.15) is 25.0 Å². The Morgan fingerprint density at radius 2 is 1.94 bits per heavy atom. The van der Waals surface area contributed by atoms with Gasteiger partial charge in [0.2, 0.25) is 5.95 Å². The molecule has 31 heavy (non-hydrogen) atoms. The van der Waals surface area contributed by atoms with Crippen molar-refractivity contribution in [1.29, 1.82) is 0 Å².